The van der Waals surface area contributed by atoms with Crippen LogP contribution in [0.2, 0.25) is 0 Å². The molecule has 0 spiro atoms. The van der Waals surface area contributed by atoms with Gasteiger partial charge < -0.3 is 34.9 Å². The minimum absolute atomic E-state index is 0.0167. The highest BCUT2D eigenvalue weighted by molar-refractivity contribution is 5.83. The Balaban J connectivity index is 1.10. The molecule has 0 unspecified atom stereocenters. The largest absolute Gasteiger partial charge is 0.467 e. The van der Waals surface area contributed by atoms with Crippen LogP contribution >= 0.6 is 0 Å². The highest BCUT2D eigenvalue weighted by atomic mass is 16.7. The van der Waals surface area contributed by atoms with E-state index in [1.165, 1.54) is 39.2 Å². The maximum atomic E-state index is 12.8. The molecule has 2 fully saturated rings. The molecule has 3 N–H and O–H groups in total. The van der Waals surface area contributed by atoms with E-state index in [2.05, 4.69) is 58.0 Å². The van der Waals surface area contributed by atoms with Gasteiger partial charge in [0, 0.05) is 31.5 Å². The second-order valence-corrected chi connectivity index (χ2v) is 13.8. The molecule has 2 saturated heterocycles. The van der Waals surface area contributed by atoms with Crippen LogP contribution in [0, 0.1) is 0 Å². The van der Waals surface area contributed by atoms with Gasteiger partial charge in [-0.1, -0.05) is 116 Å². The minimum Gasteiger partial charge on any atom is -0.467 e. The summed E-state index contributed by atoms with van der Waals surface area (Å²) in [5.74, 6) is -0.496. The molecule has 2 heterocycles. The molecule has 0 saturated carbocycles. The van der Waals surface area contributed by atoms with E-state index in [1.54, 1.807) is 0 Å². The first kappa shape index (κ1) is 37.2. The first-order chi connectivity index (χ1) is 25.5. The van der Waals surface area contributed by atoms with Crippen molar-refractivity contribution in [3.05, 3.63) is 131 Å². The quantitative estimate of drug-likeness (QED) is 0.133. The fourth-order valence-electron chi connectivity index (χ4n) is 7.09. The van der Waals surface area contributed by atoms with E-state index in [4.69, 9.17) is 14.2 Å². The van der Waals surface area contributed by atoms with E-state index in [1.807, 2.05) is 60.7 Å². The fourth-order valence-corrected chi connectivity index (χ4v) is 7.09. The second-order valence-electron chi connectivity index (χ2n) is 13.8. The van der Waals surface area contributed by atoms with E-state index in [9.17, 15) is 14.7 Å². The van der Waals surface area contributed by atoms with Crippen molar-refractivity contribution in [2.24, 2.45) is 0 Å². The lowest BCUT2D eigenvalue weighted by Gasteiger charge is -2.38. The Morgan fingerprint density at radius 1 is 0.788 bits per heavy atom. The number of rotatable bonds is 12. The molecule has 274 valence electrons. The van der Waals surface area contributed by atoms with Gasteiger partial charge >= 0.3 is 12.0 Å². The monoisotopic (exact) mass is 705 g/mol. The Morgan fingerprint density at radius 3 is 2.19 bits per heavy atom. The Morgan fingerprint density at radius 2 is 1.48 bits per heavy atom. The number of likely N-dealkylation sites (tertiary alicyclic amines) is 1. The van der Waals surface area contributed by atoms with Crippen molar-refractivity contribution < 1.29 is 28.9 Å². The van der Waals surface area contributed by atoms with Crippen LogP contribution in [0.25, 0.3) is 11.1 Å². The summed E-state index contributed by atoms with van der Waals surface area (Å²) in [5, 5.41) is 15.2. The molecule has 0 aromatic heterocycles. The SMILES string of the molecule is COC(=O)[C@H](Cc1ccccc1)NC(=O)NCc1cccc(-c2ccc([C@@H]3O[C@H](CN4CCCCCCC4)C[C@H](c4ccc(CO)cc4)O3)cc2)c1. The van der Waals surface area contributed by atoms with Crippen molar-refractivity contribution in [2.45, 2.75) is 82.6 Å². The first-order valence-corrected chi connectivity index (χ1v) is 18.6. The highest BCUT2D eigenvalue weighted by Gasteiger charge is 2.33. The number of aliphatic hydroxyl groups is 1. The third kappa shape index (κ3) is 10.5. The molecule has 9 heteroatoms. The molecule has 0 aliphatic carbocycles. The molecule has 4 aromatic rings. The van der Waals surface area contributed by atoms with Gasteiger partial charge in [-0.3, -0.25) is 0 Å². The molecule has 9 nitrogen and oxygen atoms in total. The molecule has 4 aromatic carbocycles. The third-order valence-corrected chi connectivity index (χ3v) is 10.00. The molecular formula is C43H51N3O6. The van der Waals surface area contributed by atoms with E-state index in [0.717, 1.165) is 65.0 Å². The van der Waals surface area contributed by atoms with Gasteiger partial charge in [-0.05, 0) is 65.4 Å². The van der Waals surface area contributed by atoms with Gasteiger partial charge in [-0.25, -0.2) is 9.59 Å². The topological polar surface area (TPSA) is 109 Å². The number of urea groups is 1. The van der Waals surface area contributed by atoms with Crippen LogP contribution in [0.15, 0.2) is 103 Å². The van der Waals surface area contributed by atoms with Crippen LogP contribution in [0.4, 0.5) is 4.79 Å². The predicted octanol–water partition coefficient (Wildman–Crippen LogP) is 7.24. The predicted molar refractivity (Wildman–Crippen MR) is 201 cm³/mol. The molecule has 52 heavy (non-hydrogen) atoms. The van der Waals surface area contributed by atoms with Crippen molar-refractivity contribution in [2.75, 3.05) is 26.7 Å². The van der Waals surface area contributed by atoms with Crippen LogP contribution in [0.5, 0.6) is 0 Å². The molecule has 6 rings (SSSR count). The Labute approximate surface area is 307 Å². The van der Waals surface area contributed by atoms with Gasteiger partial charge in [0.1, 0.15) is 6.04 Å². The number of methoxy groups -OCH3 is 1. The number of esters is 1. The molecule has 4 atom stereocenters. The van der Waals surface area contributed by atoms with Crippen molar-refractivity contribution in [1.29, 1.82) is 0 Å². The summed E-state index contributed by atoms with van der Waals surface area (Å²) in [6.07, 6.45) is 6.90. The second kappa shape index (κ2) is 18.8. The van der Waals surface area contributed by atoms with E-state index in [0.29, 0.717) is 13.0 Å². The van der Waals surface area contributed by atoms with Gasteiger partial charge in [0.2, 0.25) is 0 Å². The number of hydrogen-bond acceptors (Lipinski definition) is 7. The summed E-state index contributed by atoms with van der Waals surface area (Å²) >= 11 is 0. The number of benzene rings is 4. The Bertz CT molecular complexity index is 1710. The lowest BCUT2D eigenvalue weighted by Crippen LogP contribution is -2.47. The van der Waals surface area contributed by atoms with Gasteiger partial charge in [0.15, 0.2) is 6.29 Å². The maximum absolute atomic E-state index is 12.8. The summed E-state index contributed by atoms with van der Waals surface area (Å²) in [6.45, 7) is 3.41. The van der Waals surface area contributed by atoms with Crippen LogP contribution in [0.1, 0.15) is 78.7 Å². The fraction of sp³-hybridized carbons (Fsp3) is 0.395. The summed E-state index contributed by atoms with van der Waals surface area (Å²) in [6, 6.07) is 32.7. The third-order valence-electron chi connectivity index (χ3n) is 10.00. The Hall–Kier alpha value is -4.54. The maximum Gasteiger partial charge on any atom is 0.328 e. The molecule has 0 bridgehead atoms. The number of ether oxygens (including phenoxy) is 3. The van der Waals surface area contributed by atoms with Crippen LogP contribution in [-0.4, -0.2) is 60.9 Å². The molecule has 2 amide bonds. The van der Waals surface area contributed by atoms with Crippen LogP contribution in [0.3, 0.4) is 0 Å². The van der Waals surface area contributed by atoms with Gasteiger partial charge in [0.25, 0.3) is 0 Å². The highest BCUT2D eigenvalue weighted by Crippen LogP contribution is 2.39. The molecule has 2 aliphatic heterocycles. The lowest BCUT2D eigenvalue weighted by atomic mass is 9.98. The minimum atomic E-state index is -0.800. The van der Waals surface area contributed by atoms with Crippen molar-refractivity contribution in [1.82, 2.24) is 15.5 Å². The van der Waals surface area contributed by atoms with Crippen molar-refractivity contribution >= 4 is 12.0 Å². The molecule has 0 radical (unpaired) electrons. The van der Waals surface area contributed by atoms with Gasteiger partial charge in [0.05, 0.1) is 25.9 Å². The van der Waals surface area contributed by atoms with Gasteiger partial charge in [-0.2, -0.15) is 0 Å². The number of carbonyl (C=O) groups is 2. The van der Waals surface area contributed by atoms with Crippen molar-refractivity contribution in [3.8, 4) is 11.1 Å². The number of hydrogen-bond donors (Lipinski definition) is 3. The normalized spacial score (nSPS) is 20.2. The average Bonchev–Trinajstić information content (AvgIpc) is 3.18. The Kier molecular flexibility index (Phi) is 13.5. The zero-order chi connectivity index (χ0) is 36.1. The van der Waals surface area contributed by atoms with E-state index in [-0.39, 0.29) is 18.8 Å². The first-order valence-electron chi connectivity index (χ1n) is 18.6. The van der Waals surface area contributed by atoms with Crippen LogP contribution < -0.4 is 10.6 Å². The molecular weight excluding hydrogens is 654 g/mol. The van der Waals surface area contributed by atoms with Crippen LogP contribution in [-0.2, 0) is 38.6 Å². The standard InChI is InChI=1S/C43H51N3O6/c1-50-41(48)39(26-31-11-6-5-7-12-31)45-43(49)44-28-33-13-10-14-37(25-33)34-19-21-36(22-20-34)42-51-38(29-46-23-8-3-2-4-9-24-46)27-40(52-42)35-17-15-32(30-47)16-18-35/h5-7,10-22,25,38-40,42,47H,2-4,8-9,23-24,26-30H2,1H3,(H2,44,45,49)/t38-,39-,40+,42+/m0/s1. The number of aliphatic hydroxyl groups excluding tert-OH is 1. The summed E-state index contributed by atoms with van der Waals surface area (Å²) in [4.78, 5) is 27.8. The lowest BCUT2D eigenvalue weighted by molar-refractivity contribution is -0.253. The summed E-state index contributed by atoms with van der Waals surface area (Å²) < 4.78 is 18.2. The summed E-state index contributed by atoms with van der Waals surface area (Å²) in [7, 11) is 1.32. The van der Waals surface area contributed by atoms with Gasteiger partial charge in [-0.15, -0.1) is 0 Å². The van der Waals surface area contributed by atoms with E-state index < -0.39 is 24.3 Å². The zero-order valence-corrected chi connectivity index (χ0v) is 30.0. The average molecular weight is 706 g/mol. The smallest absolute Gasteiger partial charge is 0.328 e. The number of carbonyl (C=O) groups excluding carboxylic acids is 2. The number of nitrogens with one attached hydrogen (secondary N) is 2. The van der Waals surface area contributed by atoms with E-state index >= 15 is 0 Å². The number of nitrogens with zero attached hydrogens (tertiary/aromatic N) is 1. The molecule has 2 aliphatic rings. The number of amides is 2. The van der Waals surface area contributed by atoms with Crippen molar-refractivity contribution in [3.63, 3.8) is 0 Å². The summed E-state index contributed by atoms with van der Waals surface area (Å²) in [5.41, 5.74) is 6.84. The zero-order valence-electron chi connectivity index (χ0n) is 30.0.